The average Bonchev–Trinajstić information content (AvgIpc) is 2.66. The van der Waals surface area contributed by atoms with Gasteiger partial charge in [0, 0.05) is 6.42 Å². The lowest BCUT2D eigenvalue weighted by Gasteiger charge is -2.18. The quantitative estimate of drug-likeness (QED) is 0.852. The molecule has 1 fully saturated rings. The van der Waals surface area contributed by atoms with Crippen molar-refractivity contribution in [3.63, 3.8) is 0 Å². The fourth-order valence-electron chi connectivity index (χ4n) is 2.69. The van der Waals surface area contributed by atoms with Gasteiger partial charge in [0.2, 0.25) is 0 Å². The van der Waals surface area contributed by atoms with E-state index in [0.717, 1.165) is 19.3 Å². The van der Waals surface area contributed by atoms with Crippen molar-refractivity contribution in [1.29, 1.82) is 0 Å². The van der Waals surface area contributed by atoms with E-state index in [2.05, 4.69) is 0 Å². The molecule has 86 valence electrons. The van der Waals surface area contributed by atoms with Gasteiger partial charge in [-0.05, 0) is 36.3 Å². The highest BCUT2D eigenvalue weighted by molar-refractivity contribution is 5.67. The van der Waals surface area contributed by atoms with Gasteiger partial charge in [-0.2, -0.15) is 0 Å². The molecule has 2 rings (SSSR count). The molecule has 1 aliphatic rings. The van der Waals surface area contributed by atoms with Crippen molar-refractivity contribution >= 4 is 5.97 Å². The highest BCUT2D eigenvalue weighted by atomic mass is 19.1. The minimum absolute atomic E-state index is 0.0808. The minimum Gasteiger partial charge on any atom is -0.481 e. The number of rotatable bonds is 3. The van der Waals surface area contributed by atoms with Gasteiger partial charge >= 0.3 is 5.97 Å². The first-order chi connectivity index (χ1) is 7.68. The third-order valence-corrected chi connectivity index (χ3v) is 3.40. The van der Waals surface area contributed by atoms with Gasteiger partial charge in [0.1, 0.15) is 5.82 Å². The van der Waals surface area contributed by atoms with Crippen LogP contribution in [0.2, 0.25) is 0 Å². The smallest absolute Gasteiger partial charge is 0.303 e. The summed E-state index contributed by atoms with van der Waals surface area (Å²) in [4.78, 5) is 10.7. The molecule has 1 saturated carbocycles. The molecule has 0 radical (unpaired) electrons. The molecule has 0 spiro atoms. The Kier molecular flexibility index (Phi) is 3.22. The Labute approximate surface area is 94.1 Å². The molecule has 1 aromatic carbocycles. The van der Waals surface area contributed by atoms with Crippen LogP contribution in [0.4, 0.5) is 4.39 Å². The Balaban J connectivity index is 2.20. The van der Waals surface area contributed by atoms with E-state index >= 15 is 0 Å². The van der Waals surface area contributed by atoms with Gasteiger partial charge < -0.3 is 5.11 Å². The zero-order chi connectivity index (χ0) is 11.5. The molecule has 0 aromatic heterocycles. The monoisotopic (exact) mass is 222 g/mol. The highest BCUT2D eigenvalue weighted by Gasteiger charge is 2.31. The number of carbonyl (C=O) groups is 1. The van der Waals surface area contributed by atoms with Crippen molar-refractivity contribution < 1.29 is 14.3 Å². The van der Waals surface area contributed by atoms with Crippen LogP contribution < -0.4 is 0 Å². The van der Waals surface area contributed by atoms with Crippen LogP contribution in [0.3, 0.4) is 0 Å². The summed E-state index contributed by atoms with van der Waals surface area (Å²) < 4.78 is 13.6. The predicted molar refractivity (Wildman–Crippen MR) is 58.7 cm³/mol. The third-order valence-electron chi connectivity index (χ3n) is 3.40. The first-order valence-corrected chi connectivity index (χ1v) is 5.64. The van der Waals surface area contributed by atoms with Gasteiger partial charge in [-0.25, -0.2) is 4.39 Å². The Hall–Kier alpha value is -1.38. The molecule has 16 heavy (non-hydrogen) atoms. The molecule has 2 atom stereocenters. The summed E-state index contributed by atoms with van der Waals surface area (Å²) in [5.74, 6) is -0.815. The van der Waals surface area contributed by atoms with Gasteiger partial charge in [0.15, 0.2) is 0 Å². The molecule has 0 aliphatic heterocycles. The topological polar surface area (TPSA) is 37.3 Å². The van der Waals surface area contributed by atoms with Crippen molar-refractivity contribution in [2.24, 2.45) is 5.92 Å². The summed E-state index contributed by atoms with van der Waals surface area (Å²) >= 11 is 0. The second-order valence-electron chi connectivity index (χ2n) is 4.42. The van der Waals surface area contributed by atoms with E-state index in [1.165, 1.54) is 6.07 Å². The molecule has 1 aliphatic carbocycles. The lowest BCUT2D eigenvalue weighted by Crippen LogP contribution is -2.12. The van der Waals surface area contributed by atoms with E-state index in [9.17, 15) is 9.18 Å². The number of benzene rings is 1. The van der Waals surface area contributed by atoms with E-state index in [1.807, 2.05) is 6.07 Å². The molecular weight excluding hydrogens is 207 g/mol. The van der Waals surface area contributed by atoms with E-state index in [4.69, 9.17) is 5.11 Å². The Morgan fingerprint density at radius 2 is 2.12 bits per heavy atom. The normalized spacial score (nSPS) is 24.6. The highest BCUT2D eigenvalue weighted by Crippen LogP contribution is 2.42. The van der Waals surface area contributed by atoms with E-state index < -0.39 is 5.97 Å². The standard InChI is InChI=1S/C13H15FO2/c14-12-7-2-1-5-11(12)10-6-3-4-9(10)8-13(15)16/h1-2,5,7,9-10H,3-4,6,8H2,(H,15,16). The van der Waals surface area contributed by atoms with Crippen molar-refractivity contribution in [2.75, 3.05) is 0 Å². The summed E-state index contributed by atoms with van der Waals surface area (Å²) in [7, 11) is 0. The molecule has 0 heterocycles. The SMILES string of the molecule is O=C(O)CC1CCCC1c1ccccc1F. The maximum Gasteiger partial charge on any atom is 0.303 e. The summed E-state index contributed by atoms with van der Waals surface area (Å²) in [6.07, 6.45) is 2.94. The lowest BCUT2D eigenvalue weighted by molar-refractivity contribution is -0.138. The molecule has 0 amide bonds. The zero-order valence-corrected chi connectivity index (χ0v) is 9.03. The summed E-state index contributed by atoms with van der Waals surface area (Å²) in [6.45, 7) is 0. The Bertz CT molecular complexity index is 389. The first-order valence-electron chi connectivity index (χ1n) is 5.64. The van der Waals surface area contributed by atoms with Crippen molar-refractivity contribution in [1.82, 2.24) is 0 Å². The molecule has 1 aromatic rings. The lowest BCUT2D eigenvalue weighted by atomic mass is 9.86. The molecule has 2 unspecified atom stereocenters. The summed E-state index contributed by atoms with van der Waals surface area (Å²) in [6, 6.07) is 6.71. The number of hydrogen-bond acceptors (Lipinski definition) is 1. The van der Waals surface area contributed by atoms with Crippen molar-refractivity contribution in [3.8, 4) is 0 Å². The molecular formula is C13H15FO2. The van der Waals surface area contributed by atoms with Crippen molar-refractivity contribution in [2.45, 2.75) is 31.6 Å². The maximum atomic E-state index is 13.6. The molecule has 0 bridgehead atoms. The molecule has 0 saturated heterocycles. The van der Waals surface area contributed by atoms with Gasteiger partial charge in [-0.1, -0.05) is 24.6 Å². The number of hydrogen-bond donors (Lipinski definition) is 1. The predicted octanol–water partition coefficient (Wildman–Crippen LogP) is 3.18. The first kappa shape index (κ1) is 11.1. The second-order valence-corrected chi connectivity index (χ2v) is 4.42. The molecule has 3 heteroatoms. The van der Waals surface area contributed by atoms with Crippen LogP contribution in [-0.4, -0.2) is 11.1 Å². The molecule has 2 nitrogen and oxygen atoms in total. The number of carboxylic acids is 1. The number of carboxylic acid groups (broad SMARTS) is 1. The van der Waals surface area contributed by atoms with Crippen LogP contribution in [0.5, 0.6) is 0 Å². The van der Waals surface area contributed by atoms with Gasteiger partial charge in [0.25, 0.3) is 0 Å². The van der Waals surface area contributed by atoms with Crippen LogP contribution in [0.15, 0.2) is 24.3 Å². The molecule has 1 N–H and O–H groups in total. The number of halogens is 1. The zero-order valence-electron chi connectivity index (χ0n) is 9.03. The summed E-state index contributed by atoms with van der Waals surface area (Å²) in [5.41, 5.74) is 0.686. The number of aliphatic carboxylic acids is 1. The Morgan fingerprint density at radius 1 is 1.38 bits per heavy atom. The van der Waals surface area contributed by atoms with Gasteiger partial charge in [0.05, 0.1) is 0 Å². The third kappa shape index (κ3) is 2.23. The summed E-state index contributed by atoms with van der Waals surface area (Å²) in [5, 5.41) is 8.81. The van der Waals surface area contributed by atoms with Crippen LogP contribution in [0.25, 0.3) is 0 Å². The largest absolute Gasteiger partial charge is 0.481 e. The fraction of sp³-hybridized carbons (Fsp3) is 0.462. The second kappa shape index (κ2) is 4.64. The minimum atomic E-state index is -0.784. The fourth-order valence-corrected chi connectivity index (χ4v) is 2.69. The van der Waals surface area contributed by atoms with E-state index in [0.29, 0.717) is 5.56 Å². The Morgan fingerprint density at radius 3 is 2.81 bits per heavy atom. The van der Waals surface area contributed by atoms with Crippen LogP contribution >= 0.6 is 0 Å². The van der Waals surface area contributed by atoms with E-state index in [-0.39, 0.29) is 24.1 Å². The van der Waals surface area contributed by atoms with Gasteiger partial charge in [-0.3, -0.25) is 4.79 Å². The van der Waals surface area contributed by atoms with Crippen LogP contribution in [-0.2, 0) is 4.79 Å². The van der Waals surface area contributed by atoms with E-state index in [1.54, 1.807) is 12.1 Å². The van der Waals surface area contributed by atoms with Crippen LogP contribution in [0, 0.1) is 11.7 Å². The van der Waals surface area contributed by atoms with Gasteiger partial charge in [-0.15, -0.1) is 0 Å². The average molecular weight is 222 g/mol. The van der Waals surface area contributed by atoms with Crippen molar-refractivity contribution in [3.05, 3.63) is 35.6 Å². The maximum absolute atomic E-state index is 13.6. The van der Waals surface area contributed by atoms with Crippen LogP contribution in [0.1, 0.15) is 37.2 Å².